The van der Waals surface area contributed by atoms with E-state index in [0.717, 1.165) is 0 Å². The van der Waals surface area contributed by atoms with Gasteiger partial charge in [0.15, 0.2) is 0 Å². The van der Waals surface area contributed by atoms with Crippen LogP contribution >= 0.6 is 0 Å². The summed E-state index contributed by atoms with van der Waals surface area (Å²) in [6.07, 6.45) is -2.40. The summed E-state index contributed by atoms with van der Waals surface area (Å²) in [5.74, 6) is 0.436. The first-order valence-corrected chi connectivity index (χ1v) is 15.0. The first-order chi connectivity index (χ1) is 19.3. The van der Waals surface area contributed by atoms with Crippen molar-refractivity contribution in [1.82, 2.24) is 0 Å². The van der Waals surface area contributed by atoms with Crippen LogP contribution in [0.25, 0.3) is 0 Å². The number of hydrogen-bond donors (Lipinski definition) is 4. The molecule has 4 unspecified atom stereocenters. The van der Waals surface area contributed by atoms with Crippen LogP contribution in [-0.4, -0.2) is 106 Å². The summed E-state index contributed by atoms with van der Waals surface area (Å²) in [6.45, 7) is 7.70. The summed E-state index contributed by atoms with van der Waals surface area (Å²) in [5.41, 5.74) is -0.789. The predicted octanol–water partition coefficient (Wildman–Crippen LogP) is 2.19. The van der Waals surface area contributed by atoms with Crippen LogP contribution in [0.5, 0.6) is 11.5 Å². The Morgan fingerprint density at radius 3 is 1.39 bits per heavy atom. The van der Waals surface area contributed by atoms with Crippen molar-refractivity contribution < 1.29 is 52.5 Å². The average molecular weight is 601 g/mol. The fourth-order valence-electron chi connectivity index (χ4n) is 3.75. The van der Waals surface area contributed by atoms with Gasteiger partial charge in [0.1, 0.15) is 17.6 Å². The third kappa shape index (κ3) is 12.6. The molecule has 0 fully saturated rings. The van der Waals surface area contributed by atoms with Crippen molar-refractivity contribution in [3.8, 4) is 11.5 Å². The Kier molecular flexibility index (Phi) is 14.5. The highest BCUT2D eigenvalue weighted by atomic mass is 32.2. The predicted molar refractivity (Wildman–Crippen MR) is 151 cm³/mol. The van der Waals surface area contributed by atoms with Gasteiger partial charge in [-0.25, -0.2) is 8.42 Å². The molecule has 11 nitrogen and oxygen atoms in total. The topological polar surface area (TPSA) is 161 Å². The Morgan fingerprint density at radius 2 is 1.00 bits per heavy atom. The number of aliphatic hydroxyl groups excluding tert-OH is 3. The van der Waals surface area contributed by atoms with Crippen LogP contribution in [0.15, 0.2) is 58.3 Å². The van der Waals surface area contributed by atoms with Gasteiger partial charge in [0.25, 0.3) is 0 Å². The van der Waals surface area contributed by atoms with Crippen LogP contribution in [0.1, 0.15) is 27.7 Å². The molecule has 0 radical (unpaired) electrons. The first-order valence-electron chi connectivity index (χ1n) is 13.5. The Bertz CT molecular complexity index is 1060. The molecule has 0 heterocycles. The molecule has 232 valence electrons. The number of ether oxygens (including phenoxy) is 5. The van der Waals surface area contributed by atoms with E-state index < -0.39 is 39.7 Å². The molecule has 2 aromatic carbocycles. The van der Waals surface area contributed by atoms with Crippen LogP contribution in [0.4, 0.5) is 0 Å². The van der Waals surface area contributed by atoms with Gasteiger partial charge in [0, 0.05) is 0 Å². The highest BCUT2D eigenvalue weighted by Gasteiger charge is 2.33. The van der Waals surface area contributed by atoms with E-state index in [1.165, 1.54) is 36.4 Å². The number of benzene rings is 2. The van der Waals surface area contributed by atoms with Crippen molar-refractivity contribution in [2.45, 2.75) is 61.9 Å². The summed E-state index contributed by atoms with van der Waals surface area (Å²) in [7, 11) is -3.75. The summed E-state index contributed by atoms with van der Waals surface area (Å²) in [6, 6.07) is 11.3. The Labute approximate surface area is 242 Å². The third-order valence-corrected chi connectivity index (χ3v) is 7.47. The molecular formula is C29H44O11S. The summed E-state index contributed by atoms with van der Waals surface area (Å²) < 4.78 is 54.7. The number of aliphatic hydroxyl groups is 3. The second-order valence-corrected chi connectivity index (χ2v) is 12.5. The molecule has 0 aliphatic carbocycles. The van der Waals surface area contributed by atoms with Crippen molar-refractivity contribution in [3.05, 3.63) is 48.5 Å². The lowest BCUT2D eigenvalue weighted by Crippen LogP contribution is -2.43. The molecule has 12 heteroatoms. The smallest absolute Gasteiger partial charge is 0.206 e. The van der Waals surface area contributed by atoms with Crippen LogP contribution in [0, 0.1) is 5.41 Å². The van der Waals surface area contributed by atoms with E-state index in [1.54, 1.807) is 39.8 Å². The summed E-state index contributed by atoms with van der Waals surface area (Å²) >= 11 is 0. The van der Waals surface area contributed by atoms with Gasteiger partial charge in [-0.15, -0.1) is 0 Å². The minimum Gasteiger partial charge on any atom is -0.508 e. The fourth-order valence-corrected chi connectivity index (χ4v) is 5.02. The van der Waals surface area contributed by atoms with Crippen LogP contribution < -0.4 is 4.74 Å². The maximum atomic E-state index is 12.8. The zero-order valence-electron chi connectivity index (χ0n) is 24.1. The molecule has 2 rings (SSSR count). The Balaban J connectivity index is 2.01. The lowest BCUT2D eigenvalue weighted by Gasteiger charge is -2.34. The van der Waals surface area contributed by atoms with Gasteiger partial charge in [-0.1, -0.05) is 0 Å². The van der Waals surface area contributed by atoms with Gasteiger partial charge < -0.3 is 44.1 Å². The standard InChI is InChI=1S/C29H44O11S/c1-21(30)13-36-17-29(18-37-14-22(2)31,19-38-15-23(3)32)20-39-16-24(4)40-26-7-11-28(12-8-26)41(34,35)27-9-5-25(33)6-10-27/h5-12,21-24,30-33H,13-20H2,1-4H3. The molecule has 4 N–H and O–H groups in total. The zero-order chi connectivity index (χ0) is 30.5. The minimum atomic E-state index is -3.75. The number of phenolic OH excluding ortho intramolecular Hbond substituents is 1. The number of aromatic hydroxyl groups is 1. The molecule has 4 atom stereocenters. The molecule has 0 saturated heterocycles. The molecular weight excluding hydrogens is 556 g/mol. The van der Waals surface area contributed by atoms with Gasteiger partial charge >= 0.3 is 0 Å². The normalized spacial score (nSPS) is 16.5. The van der Waals surface area contributed by atoms with Crippen LogP contribution in [0.2, 0.25) is 0 Å². The molecule has 2 aromatic rings. The van der Waals surface area contributed by atoms with Crippen molar-refractivity contribution in [2.75, 3.05) is 52.9 Å². The quantitative estimate of drug-likeness (QED) is 0.176. The highest BCUT2D eigenvalue weighted by molar-refractivity contribution is 7.91. The summed E-state index contributed by atoms with van der Waals surface area (Å²) in [4.78, 5) is 0.164. The molecule has 0 saturated carbocycles. The van der Waals surface area contributed by atoms with Crippen molar-refractivity contribution in [2.24, 2.45) is 5.41 Å². The van der Waals surface area contributed by atoms with Gasteiger partial charge in [0.2, 0.25) is 9.84 Å². The number of phenols is 1. The van der Waals surface area contributed by atoms with Crippen molar-refractivity contribution in [3.63, 3.8) is 0 Å². The van der Waals surface area contributed by atoms with Gasteiger partial charge in [-0.2, -0.15) is 0 Å². The lowest BCUT2D eigenvalue weighted by molar-refractivity contribution is -0.128. The van der Waals surface area contributed by atoms with E-state index in [9.17, 15) is 28.8 Å². The Hall–Kier alpha value is -2.29. The number of sulfone groups is 1. The van der Waals surface area contributed by atoms with Crippen LogP contribution in [0.3, 0.4) is 0 Å². The SMILES string of the molecule is CC(O)COCC(COCC(C)O)(COCC(C)O)COCC(C)Oc1ccc(S(=O)(=O)c2ccc(O)cc2)cc1. The monoisotopic (exact) mass is 600 g/mol. The van der Waals surface area contributed by atoms with E-state index in [2.05, 4.69) is 0 Å². The molecule has 0 aliphatic heterocycles. The van der Waals surface area contributed by atoms with Crippen molar-refractivity contribution >= 4 is 9.84 Å². The van der Waals surface area contributed by atoms with E-state index in [1.807, 2.05) is 0 Å². The Morgan fingerprint density at radius 1 is 0.634 bits per heavy atom. The molecule has 0 aromatic heterocycles. The van der Waals surface area contributed by atoms with E-state index in [0.29, 0.717) is 5.75 Å². The zero-order valence-corrected chi connectivity index (χ0v) is 25.0. The van der Waals surface area contributed by atoms with Crippen molar-refractivity contribution in [1.29, 1.82) is 0 Å². The molecule has 0 amide bonds. The molecule has 0 aliphatic rings. The largest absolute Gasteiger partial charge is 0.508 e. The molecule has 41 heavy (non-hydrogen) atoms. The number of hydrogen-bond acceptors (Lipinski definition) is 11. The maximum absolute atomic E-state index is 12.8. The molecule has 0 spiro atoms. The first kappa shape index (κ1) is 34.9. The number of rotatable bonds is 20. The molecule has 0 bridgehead atoms. The second-order valence-electron chi connectivity index (χ2n) is 10.5. The van der Waals surface area contributed by atoms with Gasteiger partial charge in [-0.05, 0) is 76.2 Å². The average Bonchev–Trinajstić information content (AvgIpc) is 2.88. The van der Waals surface area contributed by atoms with Crippen LogP contribution in [-0.2, 0) is 28.8 Å². The maximum Gasteiger partial charge on any atom is 0.206 e. The fraction of sp³-hybridized carbons (Fsp3) is 0.586. The third-order valence-electron chi connectivity index (χ3n) is 5.68. The van der Waals surface area contributed by atoms with E-state index in [4.69, 9.17) is 23.7 Å². The summed E-state index contributed by atoms with van der Waals surface area (Å²) in [5, 5.41) is 38.3. The second kappa shape index (κ2) is 17.0. The van der Waals surface area contributed by atoms with E-state index >= 15 is 0 Å². The van der Waals surface area contributed by atoms with Gasteiger partial charge in [0.05, 0.1) is 86.4 Å². The van der Waals surface area contributed by atoms with Gasteiger partial charge in [-0.3, -0.25) is 0 Å². The lowest BCUT2D eigenvalue weighted by atomic mass is 9.92. The van der Waals surface area contributed by atoms with E-state index in [-0.39, 0.29) is 68.4 Å². The highest BCUT2D eigenvalue weighted by Crippen LogP contribution is 2.25. The minimum absolute atomic E-state index is 0.0204.